The molecule has 9 heavy (non-hydrogen) atoms. The van der Waals surface area contributed by atoms with Gasteiger partial charge in [0.05, 0.1) is 13.2 Å². The second-order valence-electron chi connectivity index (χ2n) is 2.16. The summed E-state index contributed by atoms with van der Waals surface area (Å²) in [7, 11) is 0. The molecule has 0 amide bonds. The number of rotatable bonds is 1. The molecule has 1 aliphatic heterocycles. The maximum atomic E-state index is 9.05. The Kier molecular flexibility index (Phi) is 1.72. The molecule has 0 spiro atoms. The fourth-order valence-corrected chi connectivity index (χ4v) is 0.820. The van der Waals surface area contributed by atoms with Crippen molar-refractivity contribution in [1.82, 2.24) is 0 Å². The van der Waals surface area contributed by atoms with Crippen molar-refractivity contribution >= 4 is 0 Å². The third-order valence-corrected chi connectivity index (χ3v) is 1.49. The van der Waals surface area contributed by atoms with Gasteiger partial charge in [-0.1, -0.05) is 0 Å². The van der Waals surface area contributed by atoms with Crippen LogP contribution in [0.5, 0.6) is 0 Å². The Morgan fingerprint density at radius 1 is 1.67 bits per heavy atom. The van der Waals surface area contributed by atoms with Crippen LogP contribution >= 0.6 is 0 Å². The standard InChI is InChI=1S/C5H10O4/c6-3-5(8)4(7)1-2-9-5/h4,6-8H,1-3H2/t4-,5-/m0/s1. The molecular weight excluding hydrogens is 124 g/mol. The van der Waals surface area contributed by atoms with Gasteiger partial charge in [-0.25, -0.2) is 0 Å². The van der Waals surface area contributed by atoms with Crippen molar-refractivity contribution in [3.05, 3.63) is 0 Å². The quantitative estimate of drug-likeness (QED) is 0.406. The molecule has 0 aromatic rings. The van der Waals surface area contributed by atoms with Gasteiger partial charge in [0.2, 0.25) is 5.79 Å². The summed E-state index contributed by atoms with van der Waals surface area (Å²) in [6.07, 6.45) is -0.556. The van der Waals surface area contributed by atoms with Gasteiger partial charge in [-0.2, -0.15) is 0 Å². The van der Waals surface area contributed by atoms with Crippen LogP contribution < -0.4 is 0 Å². The number of hydrogen-bond donors (Lipinski definition) is 3. The zero-order valence-corrected chi connectivity index (χ0v) is 4.95. The van der Waals surface area contributed by atoms with E-state index in [0.717, 1.165) is 0 Å². The highest BCUT2D eigenvalue weighted by atomic mass is 16.7. The summed E-state index contributed by atoms with van der Waals surface area (Å²) in [6.45, 7) is -0.244. The minimum absolute atomic E-state index is 0.304. The van der Waals surface area contributed by atoms with E-state index < -0.39 is 18.5 Å². The van der Waals surface area contributed by atoms with Crippen molar-refractivity contribution < 1.29 is 20.1 Å². The van der Waals surface area contributed by atoms with E-state index in [2.05, 4.69) is 4.74 Å². The van der Waals surface area contributed by atoms with Gasteiger partial charge in [0.25, 0.3) is 0 Å². The molecular formula is C5H10O4. The molecule has 0 unspecified atom stereocenters. The molecule has 54 valence electrons. The molecule has 1 saturated heterocycles. The van der Waals surface area contributed by atoms with E-state index in [-0.39, 0.29) is 0 Å². The van der Waals surface area contributed by atoms with Crippen LogP contribution in [-0.4, -0.2) is 40.4 Å². The van der Waals surface area contributed by atoms with Crippen molar-refractivity contribution in [2.75, 3.05) is 13.2 Å². The van der Waals surface area contributed by atoms with Crippen LogP contribution in [0.4, 0.5) is 0 Å². The molecule has 4 heteroatoms. The van der Waals surface area contributed by atoms with Crippen molar-refractivity contribution in [3.8, 4) is 0 Å². The Balaban J connectivity index is 2.56. The van der Waals surface area contributed by atoms with Crippen LogP contribution in [0, 0.1) is 0 Å². The second-order valence-corrected chi connectivity index (χ2v) is 2.16. The van der Waals surface area contributed by atoms with Crippen LogP contribution in [0.2, 0.25) is 0 Å². The average Bonchev–Trinajstić information content (AvgIpc) is 2.15. The molecule has 1 aliphatic rings. The van der Waals surface area contributed by atoms with Crippen LogP contribution in [0.25, 0.3) is 0 Å². The largest absolute Gasteiger partial charge is 0.391 e. The zero-order chi connectivity index (χ0) is 6.91. The van der Waals surface area contributed by atoms with Crippen LogP contribution in [0.1, 0.15) is 6.42 Å². The predicted molar refractivity (Wildman–Crippen MR) is 28.6 cm³/mol. The van der Waals surface area contributed by atoms with Crippen LogP contribution in [-0.2, 0) is 4.74 Å². The van der Waals surface area contributed by atoms with E-state index in [9.17, 15) is 0 Å². The smallest absolute Gasteiger partial charge is 0.216 e. The predicted octanol–water partition coefficient (Wildman–Crippen LogP) is -1.55. The third-order valence-electron chi connectivity index (χ3n) is 1.49. The van der Waals surface area contributed by atoms with E-state index in [1.807, 2.05) is 0 Å². The molecule has 1 fully saturated rings. The minimum atomic E-state index is -1.69. The van der Waals surface area contributed by atoms with Gasteiger partial charge in [-0.05, 0) is 0 Å². The first-order valence-electron chi connectivity index (χ1n) is 2.84. The average molecular weight is 134 g/mol. The maximum absolute atomic E-state index is 9.05. The highest BCUT2D eigenvalue weighted by Crippen LogP contribution is 2.21. The van der Waals surface area contributed by atoms with Crippen LogP contribution in [0.15, 0.2) is 0 Å². The Bertz CT molecular complexity index is 105. The Hall–Kier alpha value is -0.160. The number of aliphatic hydroxyl groups excluding tert-OH is 2. The van der Waals surface area contributed by atoms with Gasteiger partial charge in [0.1, 0.15) is 6.10 Å². The molecule has 0 aromatic heterocycles. The lowest BCUT2D eigenvalue weighted by atomic mass is 10.1. The Morgan fingerprint density at radius 3 is 2.56 bits per heavy atom. The Labute approximate surface area is 52.7 Å². The van der Waals surface area contributed by atoms with Gasteiger partial charge >= 0.3 is 0 Å². The molecule has 0 saturated carbocycles. The summed E-state index contributed by atoms with van der Waals surface area (Å²) >= 11 is 0. The van der Waals surface area contributed by atoms with E-state index >= 15 is 0 Å². The summed E-state index contributed by atoms with van der Waals surface area (Å²) in [5.74, 6) is -1.69. The van der Waals surface area contributed by atoms with Gasteiger partial charge in [-0.15, -0.1) is 0 Å². The second kappa shape index (κ2) is 2.22. The lowest BCUT2D eigenvalue weighted by Crippen LogP contribution is -2.42. The molecule has 1 rings (SSSR count). The molecule has 0 radical (unpaired) electrons. The van der Waals surface area contributed by atoms with Gasteiger partial charge in [0.15, 0.2) is 0 Å². The molecule has 0 aliphatic carbocycles. The van der Waals surface area contributed by atoms with Crippen molar-refractivity contribution in [1.29, 1.82) is 0 Å². The van der Waals surface area contributed by atoms with E-state index in [1.54, 1.807) is 0 Å². The first-order chi connectivity index (χ1) is 4.19. The lowest BCUT2D eigenvalue weighted by molar-refractivity contribution is -0.232. The van der Waals surface area contributed by atoms with Crippen molar-refractivity contribution in [2.24, 2.45) is 0 Å². The third kappa shape index (κ3) is 1.07. The lowest BCUT2D eigenvalue weighted by Gasteiger charge is -2.21. The Morgan fingerprint density at radius 2 is 2.33 bits per heavy atom. The number of hydrogen-bond acceptors (Lipinski definition) is 4. The minimum Gasteiger partial charge on any atom is -0.391 e. The molecule has 0 bridgehead atoms. The van der Waals surface area contributed by atoms with Crippen molar-refractivity contribution in [2.45, 2.75) is 18.3 Å². The van der Waals surface area contributed by atoms with E-state index in [4.69, 9.17) is 15.3 Å². The summed E-state index contributed by atoms with van der Waals surface area (Å²) in [4.78, 5) is 0. The zero-order valence-electron chi connectivity index (χ0n) is 4.95. The monoisotopic (exact) mass is 134 g/mol. The summed E-state index contributed by atoms with van der Waals surface area (Å²) in [5.41, 5.74) is 0. The maximum Gasteiger partial charge on any atom is 0.216 e. The first kappa shape index (κ1) is 6.95. The molecule has 2 atom stereocenters. The normalized spacial score (nSPS) is 43.7. The number of aliphatic hydroxyl groups is 3. The summed E-state index contributed by atoms with van der Waals surface area (Å²) in [5, 5.41) is 26.4. The van der Waals surface area contributed by atoms with Gasteiger partial charge in [-0.3, -0.25) is 0 Å². The van der Waals surface area contributed by atoms with E-state index in [0.29, 0.717) is 13.0 Å². The number of ether oxygens (including phenoxy) is 1. The van der Waals surface area contributed by atoms with Gasteiger partial charge < -0.3 is 20.1 Å². The molecule has 3 N–H and O–H groups in total. The topological polar surface area (TPSA) is 69.9 Å². The van der Waals surface area contributed by atoms with Gasteiger partial charge in [0, 0.05) is 6.42 Å². The summed E-state index contributed by atoms with van der Waals surface area (Å²) < 4.78 is 4.66. The van der Waals surface area contributed by atoms with Crippen LogP contribution in [0.3, 0.4) is 0 Å². The molecule has 4 nitrogen and oxygen atoms in total. The SMILES string of the molecule is OC[C@]1(O)OCC[C@@H]1O. The highest BCUT2D eigenvalue weighted by Gasteiger charge is 2.40. The fourth-order valence-electron chi connectivity index (χ4n) is 0.820. The highest BCUT2D eigenvalue weighted by molar-refractivity contribution is 4.81. The molecule has 1 heterocycles. The summed E-state index contributed by atoms with van der Waals surface area (Å²) in [6, 6.07) is 0. The first-order valence-corrected chi connectivity index (χ1v) is 2.84. The fraction of sp³-hybridized carbons (Fsp3) is 1.00. The molecule has 0 aromatic carbocycles. The van der Waals surface area contributed by atoms with Crippen molar-refractivity contribution in [3.63, 3.8) is 0 Å². The van der Waals surface area contributed by atoms with E-state index in [1.165, 1.54) is 0 Å².